The Morgan fingerprint density at radius 3 is 2.70 bits per heavy atom. The highest BCUT2D eigenvalue weighted by atomic mass is 16.2. The maximum Gasteiger partial charge on any atom is 0.226 e. The lowest BCUT2D eigenvalue weighted by atomic mass is 9.85. The van der Waals surface area contributed by atoms with Gasteiger partial charge in [-0.1, -0.05) is 49.4 Å². The normalized spacial score (nSPS) is 15.9. The number of anilines is 1. The zero-order valence-corrected chi connectivity index (χ0v) is 15.4. The predicted molar refractivity (Wildman–Crippen MR) is 104 cm³/mol. The molecule has 4 rings (SSSR count). The van der Waals surface area contributed by atoms with E-state index in [1.807, 2.05) is 37.3 Å². The van der Waals surface area contributed by atoms with Crippen molar-refractivity contribution in [1.29, 1.82) is 0 Å². The van der Waals surface area contributed by atoms with Crippen LogP contribution in [0.2, 0.25) is 0 Å². The molecule has 1 aliphatic heterocycles. The molecule has 2 heterocycles. The van der Waals surface area contributed by atoms with Crippen LogP contribution < -0.4 is 5.32 Å². The minimum absolute atomic E-state index is 0.0448. The first-order valence-electron chi connectivity index (χ1n) is 9.16. The summed E-state index contributed by atoms with van der Waals surface area (Å²) >= 11 is 0. The van der Waals surface area contributed by atoms with Crippen molar-refractivity contribution < 1.29 is 9.59 Å². The van der Waals surface area contributed by atoms with Gasteiger partial charge in [0, 0.05) is 17.5 Å². The van der Waals surface area contributed by atoms with Gasteiger partial charge in [0.1, 0.15) is 5.82 Å². The van der Waals surface area contributed by atoms with Gasteiger partial charge in [-0.2, -0.15) is 5.10 Å². The molecule has 5 nitrogen and oxygen atoms in total. The molecule has 2 aromatic carbocycles. The Hall–Kier alpha value is -3.21. The molecule has 1 amide bonds. The first-order valence-corrected chi connectivity index (χ1v) is 9.16. The SMILES string of the molecule is CCc1cccc(-n2nc(C)c3c2NC(=O)C[C@H]3C(=O)c2ccccc2)c1. The number of carbonyl (C=O) groups is 2. The number of nitrogens with zero attached hydrogens (tertiary/aromatic N) is 2. The molecule has 1 aliphatic rings. The van der Waals surface area contributed by atoms with Crippen molar-refractivity contribution in [3.8, 4) is 5.69 Å². The highest BCUT2D eigenvalue weighted by Crippen LogP contribution is 2.38. The summed E-state index contributed by atoms with van der Waals surface area (Å²) in [5, 5.41) is 7.58. The van der Waals surface area contributed by atoms with Crippen LogP contribution in [0.4, 0.5) is 5.82 Å². The molecule has 0 fully saturated rings. The molecule has 27 heavy (non-hydrogen) atoms. The highest BCUT2D eigenvalue weighted by Gasteiger charge is 2.36. The average molecular weight is 359 g/mol. The van der Waals surface area contributed by atoms with E-state index >= 15 is 0 Å². The Kier molecular flexibility index (Phi) is 4.36. The van der Waals surface area contributed by atoms with Crippen LogP contribution in [0.5, 0.6) is 0 Å². The van der Waals surface area contributed by atoms with Crippen LogP contribution >= 0.6 is 0 Å². The van der Waals surface area contributed by atoms with Crippen LogP contribution in [-0.2, 0) is 11.2 Å². The van der Waals surface area contributed by atoms with Crippen molar-refractivity contribution in [1.82, 2.24) is 9.78 Å². The quantitative estimate of drug-likeness (QED) is 0.715. The van der Waals surface area contributed by atoms with Gasteiger partial charge in [0.05, 0.1) is 17.3 Å². The molecule has 0 spiro atoms. The van der Waals surface area contributed by atoms with Crippen molar-refractivity contribution in [2.75, 3.05) is 5.32 Å². The average Bonchev–Trinajstić information content (AvgIpc) is 3.04. The van der Waals surface area contributed by atoms with E-state index in [9.17, 15) is 9.59 Å². The van der Waals surface area contributed by atoms with Gasteiger partial charge in [-0.3, -0.25) is 9.59 Å². The predicted octanol–water partition coefficient (Wildman–Crippen LogP) is 4.05. The van der Waals surface area contributed by atoms with Gasteiger partial charge >= 0.3 is 0 Å². The van der Waals surface area contributed by atoms with Crippen molar-refractivity contribution in [3.05, 3.63) is 77.0 Å². The summed E-state index contributed by atoms with van der Waals surface area (Å²) in [7, 11) is 0. The fourth-order valence-electron chi connectivity index (χ4n) is 3.67. The number of aryl methyl sites for hydroxylation is 2. The zero-order valence-electron chi connectivity index (χ0n) is 15.4. The van der Waals surface area contributed by atoms with Crippen LogP contribution in [0.3, 0.4) is 0 Å². The number of rotatable bonds is 4. The van der Waals surface area contributed by atoms with Gasteiger partial charge in [-0.25, -0.2) is 4.68 Å². The van der Waals surface area contributed by atoms with E-state index in [4.69, 9.17) is 0 Å². The second kappa shape index (κ2) is 6.83. The Morgan fingerprint density at radius 2 is 1.96 bits per heavy atom. The van der Waals surface area contributed by atoms with E-state index in [-0.39, 0.29) is 18.1 Å². The van der Waals surface area contributed by atoms with E-state index in [1.165, 1.54) is 5.56 Å². The summed E-state index contributed by atoms with van der Waals surface area (Å²) in [6.45, 7) is 3.99. The third-order valence-electron chi connectivity index (χ3n) is 5.04. The minimum atomic E-state index is -0.515. The van der Waals surface area contributed by atoms with Crippen LogP contribution in [0.25, 0.3) is 5.69 Å². The molecule has 0 unspecified atom stereocenters. The van der Waals surface area contributed by atoms with Crippen LogP contribution in [0, 0.1) is 6.92 Å². The number of aromatic nitrogens is 2. The van der Waals surface area contributed by atoms with Crippen LogP contribution in [0.1, 0.15) is 46.4 Å². The molecule has 1 atom stereocenters. The van der Waals surface area contributed by atoms with Gasteiger partial charge < -0.3 is 5.32 Å². The smallest absolute Gasteiger partial charge is 0.226 e. The molecule has 0 bridgehead atoms. The van der Waals surface area contributed by atoms with Gasteiger partial charge in [0.15, 0.2) is 5.78 Å². The van der Waals surface area contributed by atoms with E-state index < -0.39 is 5.92 Å². The number of nitrogens with one attached hydrogen (secondary N) is 1. The summed E-state index contributed by atoms with van der Waals surface area (Å²) in [6.07, 6.45) is 1.06. The molecule has 0 saturated carbocycles. The molecule has 1 N–H and O–H groups in total. The monoisotopic (exact) mass is 359 g/mol. The molecule has 3 aromatic rings. The van der Waals surface area contributed by atoms with E-state index in [1.54, 1.807) is 16.8 Å². The van der Waals surface area contributed by atoms with E-state index in [0.29, 0.717) is 11.4 Å². The largest absolute Gasteiger partial charge is 0.310 e. The summed E-state index contributed by atoms with van der Waals surface area (Å²) in [5.41, 5.74) is 4.26. The Bertz CT molecular complexity index is 1020. The summed E-state index contributed by atoms with van der Waals surface area (Å²) in [6, 6.07) is 17.2. The summed E-state index contributed by atoms with van der Waals surface area (Å²) < 4.78 is 1.74. The van der Waals surface area contributed by atoms with Gasteiger partial charge in [0.2, 0.25) is 5.91 Å². The topological polar surface area (TPSA) is 64.0 Å². The second-order valence-corrected chi connectivity index (χ2v) is 6.82. The maximum atomic E-state index is 13.1. The summed E-state index contributed by atoms with van der Waals surface area (Å²) in [4.78, 5) is 25.5. The molecule has 136 valence electrons. The molecular weight excluding hydrogens is 338 g/mol. The van der Waals surface area contributed by atoms with Gasteiger partial charge in [0.25, 0.3) is 0 Å². The lowest BCUT2D eigenvalue weighted by Gasteiger charge is -2.23. The van der Waals surface area contributed by atoms with E-state index in [0.717, 1.165) is 23.4 Å². The first-order chi connectivity index (χ1) is 13.1. The third-order valence-corrected chi connectivity index (χ3v) is 5.04. The number of ketones is 1. The standard InChI is InChI=1S/C22H21N3O2/c1-3-15-8-7-11-17(12-15)25-22-20(14(2)24-25)18(13-19(26)23-22)21(27)16-9-5-4-6-10-16/h4-12,18H,3,13H2,1-2H3,(H,23,26)/t18-/m1/s1. The number of carbonyl (C=O) groups excluding carboxylic acids is 2. The third kappa shape index (κ3) is 3.05. The first kappa shape index (κ1) is 17.2. The summed E-state index contributed by atoms with van der Waals surface area (Å²) in [5.74, 6) is -0.119. The zero-order chi connectivity index (χ0) is 19.0. The maximum absolute atomic E-state index is 13.1. The van der Waals surface area contributed by atoms with Gasteiger partial charge in [-0.05, 0) is 31.0 Å². The van der Waals surface area contributed by atoms with Crippen LogP contribution in [0.15, 0.2) is 54.6 Å². The fourth-order valence-corrected chi connectivity index (χ4v) is 3.67. The number of Topliss-reactive ketones (excluding diaryl/α,β-unsaturated/α-hetero) is 1. The lowest BCUT2D eigenvalue weighted by molar-refractivity contribution is -0.116. The van der Waals surface area contributed by atoms with Gasteiger partial charge in [-0.15, -0.1) is 0 Å². The Balaban J connectivity index is 1.82. The fraction of sp³-hybridized carbons (Fsp3) is 0.227. The Labute approximate surface area is 158 Å². The molecule has 0 radical (unpaired) electrons. The Morgan fingerprint density at radius 1 is 1.19 bits per heavy atom. The molecule has 0 aliphatic carbocycles. The van der Waals surface area contributed by atoms with Crippen molar-refractivity contribution in [3.63, 3.8) is 0 Å². The molecule has 1 aromatic heterocycles. The molecule has 0 saturated heterocycles. The minimum Gasteiger partial charge on any atom is -0.310 e. The van der Waals surface area contributed by atoms with Crippen LogP contribution in [-0.4, -0.2) is 21.5 Å². The number of fused-ring (bicyclic) bond motifs is 1. The number of benzene rings is 2. The van der Waals surface area contributed by atoms with Crippen molar-refractivity contribution >= 4 is 17.5 Å². The number of hydrogen-bond donors (Lipinski definition) is 1. The van der Waals surface area contributed by atoms with E-state index in [2.05, 4.69) is 29.5 Å². The second-order valence-electron chi connectivity index (χ2n) is 6.82. The lowest BCUT2D eigenvalue weighted by Crippen LogP contribution is -2.28. The molecular formula is C22H21N3O2. The van der Waals surface area contributed by atoms with Crippen molar-refractivity contribution in [2.45, 2.75) is 32.6 Å². The number of amides is 1. The molecule has 5 heteroatoms. The highest BCUT2D eigenvalue weighted by molar-refractivity contribution is 6.07. The van der Waals surface area contributed by atoms with Crippen molar-refractivity contribution in [2.24, 2.45) is 0 Å². The number of hydrogen-bond acceptors (Lipinski definition) is 3.